The standard InChI is InChI=1S/C58H109NO3/c1-3-5-7-9-11-13-15-17-19-21-23-25-27-28-29-30-31-32-34-36-38-40-42-44-46-48-50-52-54-58(62)59-56(55-60)57(61)53-51-49-47-45-43-41-39-37-35-33-26-24-22-20-18-16-14-12-10-8-6-4-2/h28-29,35,37,43,45,51,53,56-57,60-61H,3-27,30-34,36,38-42,44,46-50,52,54-55H2,1-2H3,(H,59,62)/b29-28-,37-35+,45-43+,53-51+. The van der Waals surface area contributed by atoms with E-state index in [1.165, 1.54) is 238 Å². The molecule has 0 spiro atoms. The van der Waals surface area contributed by atoms with Crippen LogP contribution in [0.15, 0.2) is 48.6 Å². The Morgan fingerprint density at radius 1 is 0.371 bits per heavy atom. The topological polar surface area (TPSA) is 69.6 Å². The lowest BCUT2D eigenvalue weighted by molar-refractivity contribution is -0.123. The molecule has 62 heavy (non-hydrogen) atoms. The fourth-order valence-electron chi connectivity index (χ4n) is 8.50. The van der Waals surface area contributed by atoms with Gasteiger partial charge in [0.2, 0.25) is 5.91 Å². The molecular formula is C58H109NO3. The maximum atomic E-state index is 12.5. The van der Waals surface area contributed by atoms with Crippen molar-refractivity contribution in [2.24, 2.45) is 0 Å². The molecule has 0 fully saturated rings. The van der Waals surface area contributed by atoms with Gasteiger partial charge in [-0.05, 0) is 70.6 Å². The van der Waals surface area contributed by atoms with Gasteiger partial charge in [0.05, 0.1) is 18.8 Å². The number of carbonyl (C=O) groups is 1. The summed E-state index contributed by atoms with van der Waals surface area (Å²) in [4.78, 5) is 12.5. The van der Waals surface area contributed by atoms with Gasteiger partial charge < -0.3 is 15.5 Å². The summed E-state index contributed by atoms with van der Waals surface area (Å²) >= 11 is 0. The number of carbonyl (C=O) groups excluding carboxylic acids is 1. The van der Waals surface area contributed by atoms with Crippen LogP contribution in [0.25, 0.3) is 0 Å². The number of amides is 1. The highest BCUT2D eigenvalue weighted by Crippen LogP contribution is 2.16. The quantitative estimate of drug-likeness (QED) is 0.0421. The minimum atomic E-state index is -0.871. The van der Waals surface area contributed by atoms with Crippen molar-refractivity contribution in [2.75, 3.05) is 6.61 Å². The number of allylic oxidation sites excluding steroid dienone is 7. The van der Waals surface area contributed by atoms with E-state index >= 15 is 0 Å². The second-order valence-corrected chi connectivity index (χ2v) is 19.0. The van der Waals surface area contributed by atoms with Crippen LogP contribution in [0.1, 0.15) is 296 Å². The molecule has 0 heterocycles. The van der Waals surface area contributed by atoms with E-state index < -0.39 is 12.1 Å². The number of hydrogen-bond donors (Lipinski definition) is 3. The van der Waals surface area contributed by atoms with Crippen molar-refractivity contribution in [2.45, 2.75) is 309 Å². The normalized spacial score (nSPS) is 13.2. The van der Waals surface area contributed by atoms with E-state index in [0.29, 0.717) is 6.42 Å². The zero-order valence-corrected chi connectivity index (χ0v) is 41.9. The SMILES string of the molecule is CCCCCCCCCCCCCC/C=C\CCCCCCCCCCCCCCC(=O)NC(CO)C(O)/C=C/CC/C=C/CC/C=C/CCCCCCCCCCCCCC. The molecule has 0 aromatic rings. The number of hydrogen-bond acceptors (Lipinski definition) is 3. The van der Waals surface area contributed by atoms with Crippen molar-refractivity contribution >= 4 is 5.91 Å². The summed E-state index contributed by atoms with van der Waals surface area (Å²) in [6.45, 7) is 4.32. The van der Waals surface area contributed by atoms with Crippen molar-refractivity contribution < 1.29 is 15.0 Å². The minimum absolute atomic E-state index is 0.0756. The molecule has 0 bridgehead atoms. The molecule has 0 saturated carbocycles. The van der Waals surface area contributed by atoms with Gasteiger partial charge in [-0.25, -0.2) is 0 Å². The number of nitrogens with one attached hydrogen (secondary N) is 1. The Labute approximate surface area is 388 Å². The first-order valence-electron chi connectivity index (χ1n) is 27.9. The molecule has 3 N–H and O–H groups in total. The van der Waals surface area contributed by atoms with Gasteiger partial charge in [-0.2, -0.15) is 0 Å². The molecule has 0 rings (SSSR count). The van der Waals surface area contributed by atoms with E-state index in [-0.39, 0.29) is 12.5 Å². The van der Waals surface area contributed by atoms with E-state index in [1.807, 2.05) is 6.08 Å². The summed E-state index contributed by atoms with van der Waals surface area (Å²) < 4.78 is 0. The Kier molecular flexibility index (Phi) is 52.3. The molecule has 2 atom stereocenters. The fourth-order valence-corrected chi connectivity index (χ4v) is 8.50. The van der Waals surface area contributed by atoms with Gasteiger partial charge in [-0.15, -0.1) is 0 Å². The van der Waals surface area contributed by atoms with Crippen molar-refractivity contribution in [3.05, 3.63) is 48.6 Å². The third-order valence-corrected chi connectivity index (χ3v) is 12.8. The maximum absolute atomic E-state index is 12.5. The molecule has 1 amide bonds. The predicted octanol–water partition coefficient (Wildman–Crippen LogP) is 18.3. The average Bonchev–Trinajstić information content (AvgIpc) is 3.28. The average molecular weight is 869 g/mol. The first-order chi connectivity index (χ1) is 30.7. The zero-order chi connectivity index (χ0) is 44.9. The van der Waals surface area contributed by atoms with E-state index in [1.54, 1.807) is 6.08 Å². The molecule has 0 aliphatic heterocycles. The van der Waals surface area contributed by atoms with E-state index in [0.717, 1.165) is 38.5 Å². The van der Waals surface area contributed by atoms with Gasteiger partial charge in [0.15, 0.2) is 0 Å². The van der Waals surface area contributed by atoms with Crippen LogP contribution in [-0.2, 0) is 4.79 Å². The second-order valence-electron chi connectivity index (χ2n) is 19.0. The highest BCUT2D eigenvalue weighted by atomic mass is 16.3. The van der Waals surface area contributed by atoms with Gasteiger partial charge in [0, 0.05) is 6.42 Å². The molecule has 0 aliphatic carbocycles. The third-order valence-electron chi connectivity index (χ3n) is 12.8. The molecule has 0 aliphatic rings. The maximum Gasteiger partial charge on any atom is 0.220 e. The number of aliphatic hydroxyl groups excluding tert-OH is 2. The second kappa shape index (κ2) is 53.7. The van der Waals surface area contributed by atoms with Crippen LogP contribution in [0, 0.1) is 0 Å². The highest BCUT2D eigenvalue weighted by molar-refractivity contribution is 5.76. The van der Waals surface area contributed by atoms with Crippen LogP contribution in [0.4, 0.5) is 0 Å². The summed E-state index contributed by atoms with van der Waals surface area (Å²) in [5, 5.41) is 23.1. The highest BCUT2D eigenvalue weighted by Gasteiger charge is 2.18. The summed E-state index contributed by atoms with van der Waals surface area (Å²) in [5.41, 5.74) is 0. The van der Waals surface area contributed by atoms with Gasteiger partial charge in [-0.3, -0.25) is 4.79 Å². The first-order valence-corrected chi connectivity index (χ1v) is 27.9. The zero-order valence-electron chi connectivity index (χ0n) is 41.9. The molecule has 4 nitrogen and oxygen atoms in total. The molecule has 0 saturated heterocycles. The van der Waals surface area contributed by atoms with E-state index in [9.17, 15) is 15.0 Å². The minimum Gasteiger partial charge on any atom is -0.394 e. The lowest BCUT2D eigenvalue weighted by Gasteiger charge is -2.19. The third kappa shape index (κ3) is 49.4. The Morgan fingerprint density at radius 3 is 0.935 bits per heavy atom. The summed E-state index contributed by atoms with van der Waals surface area (Å²) in [5.74, 6) is -0.0756. The molecule has 0 aromatic carbocycles. The van der Waals surface area contributed by atoms with Crippen LogP contribution in [0.3, 0.4) is 0 Å². The molecule has 4 heteroatoms. The molecular weight excluding hydrogens is 759 g/mol. The lowest BCUT2D eigenvalue weighted by atomic mass is 10.0. The molecule has 0 aromatic heterocycles. The van der Waals surface area contributed by atoms with Crippen molar-refractivity contribution in [3.63, 3.8) is 0 Å². The number of rotatable bonds is 51. The molecule has 0 radical (unpaired) electrons. The monoisotopic (exact) mass is 868 g/mol. The lowest BCUT2D eigenvalue weighted by Crippen LogP contribution is -2.45. The van der Waals surface area contributed by atoms with Crippen molar-refractivity contribution in [1.82, 2.24) is 5.32 Å². The Balaban J connectivity index is 3.54. The van der Waals surface area contributed by atoms with Gasteiger partial charge in [-0.1, -0.05) is 268 Å². The largest absolute Gasteiger partial charge is 0.394 e. The number of aliphatic hydroxyl groups is 2. The van der Waals surface area contributed by atoms with Crippen LogP contribution in [0.5, 0.6) is 0 Å². The Bertz CT molecular complexity index is 985. The molecule has 364 valence electrons. The van der Waals surface area contributed by atoms with Crippen LogP contribution in [-0.4, -0.2) is 34.9 Å². The fraction of sp³-hybridized carbons (Fsp3) is 0.845. The van der Waals surface area contributed by atoms with Crippen LogP contribution < -0.4 is 5.32 Å². The summed E-state index contributed by atoms with van der Waals surface area (Å²) in [6, 6.07) is -0.647. The predicted molar refractivity (Wildman–Crippen MR) is 276 cm³/mol. The van der Waals surface area contributed by atoms with Crippen LogP contribution in [0.2, 0.25) is 0 Å². The van der Waals surface area contributed by atoms with Gasteiger partial charge in [0.1, 0.15) is 0 Å². The van der Waals surface area contributed by atoms with E-state index in [4.69, 9.17) is 0 Å². The Hall–Kier alpha value is -1.65. The molecule has 2 unspecified atom stereocenters. The van der Waals surface area contributed by atoms with Crippen molar-refractivity contribution in [1.29, 1.82) is 0 Å². The summed E-state index contributed by atoms with van der Waals surface area (Å²) in [7, 11) is 0. The van der Waals surface area contributed by atoms with E-state index in [2.05, 4.69) is 55.6 Å². The smallest absolute Gasteiger partial charge is 0.220 e. The van der Waals surface area contributed by atoms with Gasteiger partial charge >= 0.3 is 0 Å². The Morgan fingerprint density at radius 2 is 0.629 bits per heavy atom. The summed E-state index contributed by atoms with van der Waals surface area (Å²) in [6.07, 6.45) is 74.2. The number of unbranched alkanes of at least 4 members (excludes halogenated alkanes) is 38. The first kappa shape index (κ1) is 60.4. The van der Waals surface area contributed by atoms with Gasteiger partial charge in [0.25, 0.3) is 0 Å². The van der Waals surface area contributed by atoms with Crippen molar-refractivity contribution in [3.8, 4) is 0 Å². The van der Waals surface area contributed by atoms with Crippen LogP contribution >= 0.6 is 0 Å².